The monoisotopic (exact) mass is 364 g/mol. The highest BCUT2D eigenvalue weighted by atomic mass is 35.5. The summed E-state index contributed by atoms with van der Waals surface area (Å²) < 4.78 is 24.1. The number of carbonyl (C=O) groups excluding carboxylic acids is 1. The van der Waals surface area contributed by atoms with E-state index < -0.39 is 5.82 Å². The molecule has 1 heterocycles. The lowest BCUT2D eigenvalue weighted by atomic mass is 10.1. The van der Waals surface area contributed by atoms with Crippen molar-refractivity contribution in [2.75, 3.05) is 32.1 Å². The smallest absolute Gasteiger partial charge is 0.322 e. The number of ether oxygens (including phenoxy) is 2. The van der Waals surface area contributed by atoms with Gasteiger partial charge in [0.1, 0.15) is 17.7 Å². The Morgan fingerprint density at radius 1 is 1.32 bits per heavy atom. The van der Waals surface area contributed by atoms with Gasteiger partial charge in [0, 0.05) is 17.6 Å². The SMILES string of the molecule is COc1cc(F)ccc1NC(=O)N1CCOC(c2ccc(Cl)cc2)C1. The standard InChI is InChI=1S/C18H18ClFN2O3/c1-24-16-10-14(20)6-7-15(16)21-18(23)22-8-9-25-17(11-22)12-2-4-13(19)5-3-12/h2-7,10,17H,8-9,11H2,1H3,(H,21,23). The van der Waals surface area contributed by atoms with E-state index in [-0.39, 0.29) is 17.9 Å². The van der Waals surface area contributed by atoms with Gasteiger partial charge in [0.15, 0.2) is 0 Å². The Balaban J connectivity index is 1.69. The minimum absolute atomic E-state index is 0.216. The first kappa shape index (κ1) is 17.5. The number of rotatable bonds is 3. The zero-order chi connectivity index (χ0) is 17.8. The van der Waals surface area contributed by atoms with Gasteiger partial charge in [-0.1, -0.05) is 23.7 Å². The van der Waals surface area contributed by atoms with Crippen LogP contribution in [0.2, 0.25) is 5.02 Å². The Labute approximate surface area is 150 Å². The Morgan fingerprint density at radius 2 is 2.08 bits per heavy atom. The molecule has 7 heteroatoms. The molecule has 1 saturated heterocycles. The van der Waals surface area contributed by atoms with Crippen LogP contribution in [0, 0.1) is 5.82 Å². The number of methoxy groups -OCH3 is 1. The molecular weight excluding hydrogens is 347 g/mol. The summed E-state index contributed by atoms with van der Waals surface area (Å²) in [6, 6.07) is 11.1. The fourth-order valence-electron chi connectivity index (χ4n) is 2.68. The molecule has 0 aromatic heterocycles. The molecule has 0 bridgehead atoms. The van der Waals surface area contributed by atoms with E-state index in [2.05, 4.69) is 5.32 Å². The molecule has 132 valence electrons. The Bertz CT molecular complexity index is 754. The molecule has 25 heavy (non-hydrogen) atoms. The van der Waals surface area contributed by atoms with Crippen LogP contribution in [0.25, 0.3) is 0 Å². The van der Waals surface area contributed by atoms with Crippen molar-refractivity contribution in [2.24, 2.45) is 0 Å². The van der Waals surface area contributed by atoms with Gasteiger partial charge in [-0.2, -0.15) is 0 Å². The van der Waals surface area contributed by atoms with E-state index in [1.807, 2.05) is 12.1 Å². The van der Waals surface area contributed by atoms with Crippen LogP contribution in [0.15, 0.2) is 42.5 Å². The van der Waals surface area contributed by atoms with Crippen molar-refractivity contribution in [1.82, 2.24) is 4.90 Å². The topological polar surface area (TPSA) is 50.8 Å². The second kappa shape index (κ2) is 7.72. The van der Waals surface area contributed by atoms with Gasteiger partial charge in [0.25, 0.3) is 0 Å². The lowest BCUT2D eigenvalue weighted by Crippen LogP contribution is -2.44. The first-order valence-electron chi connectivity index (χ1n) is 7.83. The average molecular weight is 365 g/mol. The highest BCUT2D eigenvalue weighted by Crippen LogP contribution is 2.27. The van der Waals surface area contributed by atoms with Crippen LogP contribution in [-0.4, -0.2) is 37.7 Å². The van der Waals surface area contributed by atoms with Gasteiger partial charge in [0.2, 0.25) is 0 Å². The second-order valence-corrected chi connectivity index (χ2v) is 6.07. The van der Waals surface area contributed by atoms with Crippen molar-refractivity contribution >= 4 is 23.3 Å². The first-order chi connectivity index (χ1) is 12.1. The predicted molar refractivity (Wildman–Crippen MR) is 93.7 cm³/mol. The molecule has 0 radical (unpaired) electrons. The fraction of sp³-hybridized carbons (Fsp3) is 0.278. The summed E-state index contributed by atoms with van der Waals surface area (Å²) in [7, 11) is 1.43. The van der Waals surface area contributed by atoms with Crippen LogP contribution in [0.3, 0.4) is 0 Å². The third-order valence-electron chi connectivity index (χ3n) is 4.00. The Hall–Kier alpha value is -2.31. The van der Waals surface area contributed by atoms with Crippen molar-refractivity contribution in [1.29, 1.82) is 0 Å². The van der Waals surface area contributed by atoms with E-state index in [0.29, 0.717) is 30.4 Å². The van der Waals surface area contributed by atoms with E-state index in [4.69, 9.17) is 21.1 Å². The molecule has 0 aliphatic carbocycles. The zero-order valence-electron chi connectivity index (χ0n) is 13.7. The molecule has 1 fully saturated rings. The number of urea groups is 1. The normalized spacial score (nSPS) is 17.2. The van der Waals surface area contributed by atoms with Crippen LogP contribution in [0.1, 0.15) is 11.7 Å². The van der Waals surface area contributed by atoms with E-state index >= 15 is 0 Å². The maximum absolute atomic E-state index is 13.3. The molecule has 1 atom stereocenters. The molecule has 0 saturated carbocycles. The molecule has 1 aliphatic heterocycles. The van der Waals surface area contributed by atoms with Crippen LogP contribution in [0.4, 0.5) is 14.9 Å². The summed E-state index contributed by atoms with van der Waals surface area (Å²) in [6.07, 6.45) is -0.216. The van der Waals surface area contributed by atoms with E-state index in [0.717, 1.165) is 5.56 Å². The number of nitrogens with zero attached hydrogens (tertiary/aromatic N) is 1. The number of carbonyl (C=O) groups is 1. The number of hydrogen-bond acceptors (Lipinski definition) is 3. The number of amides is 2. The van der Waals surface area contributed by atoms with Crippen molar-refractivity contribution in [3.05, 3.63) is 58.9 Å². The van der Waals surface area contributed by atoms with Gasteiger partial charge in [0.05, 0.1) is 25.9 Å². The maximum Gasteiger partial charge on any atom is 0.322 e. The van der Waals surface area contributed by atoms with Gasteiger partial charge < -0.3 is 19.7 Å². The minimum atomic E-state index is -0.427. The summed E-state index contributed by atoms with van der Waals surface area (Å²) in [5, 5.41) is 3.41. The molecule has 2 aromatic carbocycles. The summed E-state index contributed by atoms with van der Waals surface area (Å²) in [4.78, 5) is 14.2. The van der Waals surface area contributed by atoms with Gasteiger partial charge >= 0.3 is 6.03 Å². The highest BCUT2D eigenvalue weighted by molar-refractivity contribution is 6.30. The molecule has 5 nitrogen and oxygen atoms in total. The van der Waals surface area contributed by atoms with Crippen molar-refractivity contribution < 1.29 is 18.7 Å². The maximum atomic E-state index is 13.3. The summed E-state index contributed by atoms with van der Waals surface area (Å²) in [6.45, 7) is 1.32. The van der Waals surface area contributed by atoms with E-state index in [1.165, 1.54) is 25.3 Å². The highest BCUT2D eigenvalue weighted by Gasteiger charge is 2.26. The van der Waals surface area contributed by atoms with Crippen molar-refractivity contribution in [3.63, 3.8) is 0 Å². The quantitative estimate of drug-likeness (QED) is 0.892. The molecule has 3 rings (SSSR count). The summed E-state index contributed by atoms with van der Waals surface area (Å²) in [5.41, 5.74) is 1.38. The molecule has 2 amide bonds. The van der Waals surface area contributed by atoms with Crippen molar-refractivity contribution in [2.45, 2.75) is 6.10 Å². The molecule has 0 spiro atoms. The number of anilines is 1. The Kier molecular flexibility index (Phi) is 5.40. The van der Waals surface area contributed by atoms with Crippen LogP contribution >= 0.6 is 11.6 Å². The average Bonchev–Trinajstić information content (AvgIpc) is 2.63. The third kappa shape index (κ3) is 4.21. The van der Waals surface area contributed by atoms with Crippen LogP contribution in [-0.2, 0) is 4.74 Å². The van der Waals surface area contributed by atoms with Gasteiger partial charge in [-0.15, -0.1) is 0 Å². The minimum Gasteiger partial charge on any atom is -0.494 e. The molecule has 2 aromatic rings. The lowest BCUT2D eigenvalue weighted by Gasteiger charge is -2.33. The predicted octanol–water partition coefficient (Wildman–Crippen LogP) is 4.09. The van der Waals surface area contributed by atoms with E-state index in [9.17, 15) is 9.18 Å². The number of benzene rings is 2. The lowest BCUT2D eigenvalue weighted by molar-refractivity contribution is -0.0135. The Morgan fingerprint density at radius 3 is 2.80 bits per heavy atom. The zero-order valence-corrected chi connectivity index (χ0v) is 14.4. The molecule has 1 N–H and O–H groups in total. The van der Waals surface area contributed by atoms with Gasteiger partial charge in [-0.3, -0.25) is 0 Å². The molecule has 1 unspecified atom stereocenters. The first-order valence-corrected chi connectivity index (χ1v) is 8.21. The van der Waals surface area contributed by atoms with Crippen molar-refractivity contribution in [3.8, 4) is 5.75 Å². The largest absolute Gasteiger partial charge is 0.494 e. The van der Waals surface area contributed by atoms with E-state index in [1.54, 1.807) is 17.0 Å². The second-order valence-electron chi connectivity index (χ2n) is 5.63. The molecular formula is C18H18ClFN2O3. The van der Waals surface area contributed by atoms with Crippen LogP contribution < -0.4 is 10.1 Å². The number of morpholine rings is 1. The summed E-state index contributed by atoms with van der Waals surface area (Å²) >= 11 is 5.91. The number of hydrogen-bond donors (Lipinski definition) is 1. The van der Waals surface area contributed by atoms with Crippen LogP contribution in [0.5, 0.6) is 5.75 Å². The third-order valence-corrected chi connectivity index (χ3v) is 4.25. The molecule has 1 aliphatic rings. The van der Waals surface area contributed by atoms with Gasteiger partial charge in [-0.25, -0.2) is 9.18 Å². The number of halogens is 2. The fourth-order valence-corrected chi connectivity index (χ4v) is 2.80. The van der Waals surface area contributed by atoms with Gasteiger partial charge in [-0.05, 0) is 29.8 Å². The summed E-state index contributed by atoms with van der Waals surface area (Å²) in [5.74, 6) is -0.153. The number of nitrogens with one attached hydrogen (secondary N) is 1.